The number of aromatic hydroxyl groups is 2. The van der Waals surface area contributed by atoms with Gasteiger partial charge in [0.1, 0.15) is 28.7 Å². The summed E-state index contributed by atoms with van der Waals surface area (Å²) in [7, 11) is -11.4. The number of nitrogens with zero attached hydrogens (tertiary/aromatic N) is 4. The molecule has 0 aliphatic carbocycles. The van der Waals surface area contributed by atoms with E-state index in [1.807, 2.05) is 0 Å². The van der Waals surface area contributed by atoms with Gasteiger partial charge in [0.05, 0.1) is 32.7 Å². The van der Waals surface area contributed by atoms with Gasteiger partial charge in [0.25, 0.3) is 10.1 Å². The van der Waals surface area contributed by atoms with Crippen molar-refractivity contribution in [3.05, 3.63) is 66.7 Å². The Kier molecular flexibility index (Phi) is 9.33. The Morgan fingerprint density at radius 3 is 1.84 bits per heavy atom. The van der Waals surface area contributed by atoms with Crippen molar-refractivity contribution in [2.45, 2.75) is 23.6 Å². The van der Waals surface area contributed by atoms with Crippen LogP contribution in [-0.2, 0) is 29.8 Å². The highest BCUT2D eigenvalue weighted by Crippen LogP contribution is 2.43. The number of hydrogen-bond donors (Lipinski definition) is 4. The summed E-state index contributed by atoms with van der Waals surface area (Å²) in [4.78, 5) is 0.0357. The molecule has 4 rings (SSSR count). The van der Waals surface area contributed by atoms with Crippen molar-refractivity contribution < 1.29 is 40.0 Å². The predicted molar refractivity (Wildman–Crippen MR) is 164 cm³/mol. The van der Waals surface area contributed by atoms with E-state index in [0.717, 1.165) is 6.07 Å². The molecule has 0 heterocycles. The van der Waals surface area contributed by atoms with Crippen LogP contribution in [0.4, 0.5) is 28.4 Å². The summed E-state index contributed by atoms with van der Waals surface area (Å²) < 4.78 is 80.3. The van der Waals surface area contributed by atoms with Crippen LogP contribution in [0.25, 0.3) is 10.8 Å². The lowest BCUT2D eigenvalue weighted by Crippen LogP contribution is -2.13. The van der Waals surface area contributed by atoms with Crippen molar-refractivity contribution in [3.8, 4) is 11.5 Å². The minimum atomic E-state index is -4.42. The number of anilines is 1. The number of benzene rings is 4. The van der Waals surface area contributed by atoms with E-state index in [1.165, 1.54) is 74.5 Å². The van der Waals surface area contributed by atoms with Crippen LogP contribution in [-0.4, -0.2) is 57.4 Å². The third-order valence-electron chi connectivity index (χ3n) is 6.36. The molecule has 232 valence electrons. The molecule has 0 spiro atoms. The Morgan fingerprint density at radius 1 is 0.659 bits per heavy atom. The fourth-order valence-corrected chi connectivity index (χ4v) is 6.03. The average Bonchev–Trinajstić information content (AvgIpc) is 2.99. The third kappa shape index (κ3) is 7.36. The van der Waals surface area contributed by atoms with E-state index < -0.39 is 41.4 Å². The van der Waals surface area contributed by atoms with Crippen molar-refractivity contribution in [1.82, 2.24) is 0 Å². The largest absolute Gasteiger partial charge is 0.506 e. The maximum atomic E-state index is 12.1. The smallest absolute Gasteiger partial charge is 0.283 e. The quantitative estimate of drug-likeness (QED) is 0.109. The first-order valence-electron chi connectivity index (χ1n) is 12.8. The molecule has 0 aromatic heterocycles. The molecule has 0 saturated carbocycles. The first-order valence-corrected chi connectivity index (χ1v) is 17.8. The summed E-state index contributed by atoms with van der Waals surface area (Å²) in [6.07, 6.45) is 0. The molecular weight excluding hydrogens is 635 g/mol. The normalized spacial score (nSPS) is 12.8. The molecule has 44 heavy (non-hydrogen) atoms. The predicted octanol–water partition coefficient (Wildman–Crippen LogP) is 5.93. The number of nitrogens with one attached hydrogen (secondary N) is 1. The van der Waals surface area contributed by atoms with Crippen LogP contribution in [0.1, 0.15) is 13.8 Å². The van der Waals surface area contributed by atoms with Gasteiger partial charge in [-0.15, -0.1) is 15.3 Å². The first-order chi connectivity index (χ1) is 20.6. The molecule has 0 aliphatic heterocycles. The van der Waals surface area contributed by atoms with Crippen LogP contribution in [0.5, 0.6) is 11.5 Å². The van der Waals surface area contributed by atoms with Crippen LogP contribution in [0.2, 0.25) is 0 Å². The van der Waals surface area contributed by atoms with Gasteiger partial charge >= 0.3 is 0 Å². The Morgan fingerprint density at radius 2 is 1.23 bits per heavy atom. The lowest BCUT2D eigenvalue weighted by Gasteiger charge is -2.12. The Balaban J connectivity index is 1.74. The molecule has 0 saturated heterocycles. The van der Waals surface area contributed by atoms with Crippen LogP contribution in [0.3, 0.4) is 0 Å². The summed E-state index contributed by atoms with van der Waals surface area (Å²) in [5.74, 6) is -1.84. The zero-order chi connectivity index (χ0) is 32.3. The topological polar surface area (TPSA) is 225 Å². The molecule has 0 amide bonds. The van der Waals surface area contributed by atoms with Gasteiger partial charge in [-0.25, -0.2) is 16.8 Å². The summed E-state index contributed by atoms with van der Waals surface area (Å²) in [6.45, 7) is 3.00. The van der Waals surface area contributed by atoms with E-state index in [-0.39, 0.29) is 60.9 Å². The third-order valence-corrected chi connectivity index (χ3v) is 10.4. The van der Waals surface area contributed by atoms with Gasteiger partial charge in [0.2, 0.25) is 0 Å². The lowest BCUT2D eigenvalue weighted by molar-refractivity contribution is 0.473. The molecule has 4 aromatic rings. The minimum absolute atomic E-state index is 0.0172. The van der Waals surface area contributed by atoms with Crippen molar-refractivity contribution in [3.63, 3.8) is 0 Å². The highest BCUT2D eigenvalue weighted by atomic mass is 32.2. The number of phenols is 2. The van der Waals surface area contributed by atoms with E-state index in [0.29, 0.717) is 5.39 Å². The van der Waals surface area contributed by atoms with Gasteiger partial charge in [-0.3, -0.25) is 4.55 Å². The van der Waals surface area contributed by atoms with E-state index in [2.05, 4.69) is 25.8 Å². The first kappa shape index (κ1) is 32.5. The fourth-order valence-electron chi connectivity index (χ4n) is 3.91. The van der Waals surface area contributed by atoms with Gasteiger partial charge in [0, 0.05) is 16.8 Å². The molecule has 0 aliphatic rings. The number of sulfone groups is 2. The molecule has 0 bridgehead atoms. The number of phenolic OH excluding ortho intramolecular Hbond substituents is 2. The average molecular weight is 662 g/mol. The van der Waals surface area contributed by atoms with Crippen LogP contribution >= 0.6 is 0 Å². The zero-order valence-electron chi connectivity index (χ0n) is 23.3. The van der Waals surface area contributed by atoms with Gasteiger partial charge in [0.15, 0.2) is 25.4 Å². The molecule has 0 atom stereocenters. The Hall–Kier alpha value is -4.45. The Bertz CT molecular complexity index is 2110. The second-order valence-corrected chi connectivity index (χ2v) is 15.3. The zero-order valence-corrected chi connectivity index (χ0v) is 25.7. The van der Waals surface area contributed by atoms with E-state index in [4.69, 9.17) is 0 Å². The number of fused-ring (bicyclic) bond motifs is 1. The SMILES string of the molecule is CCS(=O)(=O)c1ccc(/N=N/c2c(NCS(=O)(=O)O)ccc3c(O)c(/N=N/c4ccc(S(=O)(=O)CC)cc4O)ccc23)cc1. The molecule has 4 aromatic carbocycles. The van der Waals surface area contributed by atoms with Crippen molar-refractivity contribution in [1.29, 1.82) is 0 Å². The Labute approximate surface area is 253 Å². The summed E-state index contributed by atoms with van der Waals surface area (Å²) in [5.41, 5.74) is 0.448. The summed E-state index contributed by atoms with van der Waals surface area (Å²) >= 11 is 0. The molecule has 14 nitrogen and oxygen atoms in total. The fraction of sp³-hybridized carbons (Fsp3) is 0.185. The maximum Gasteiger partial charge on any atom is 0.283 e. The summed E-state index contributed by atoms with van der Waals surface area (Å²) in [5, 5.41) is 40.6. The second-order valence-electron chi connectivity index (χ2n) is 9.24. The number of rotatable bonds is 11. The highest BCUT2D eigenvalue weighted by Gasteiger charge is 2.17. The van der Waals surface area contributed by atoms with E-state index in [1.54, 1.807) is 0 Å². The van der Waals surface area contributed by atoms with Crippen molar-refractivity contribution in [2.24, 2.45) is 20.5 Å². The number of azo groups is 2. The number of hydrogen-bond acceptors (Lipinski definition) is 13. The van der Waals surface area contributed by atoms with E-state index in [9.17, 15) is 40.0 Å². The van der Waals surface area contributed by atoms with Crippen molar-refractivity contribution >= 4 is 69.0 Å². The van der Waals surface area contributed by atoms with E-state index >= 15 is 0 Å². The molecule has 4 N–H and O–H groups in total. The van der Waals surface area contributed by atoms with Gasteiger partial charge in [-0.05, 0) is 60.7 Å². The maximum absolute atomic E-state index is 12.1. The summed E-state index contributed by atoms with van der Waals surface area (Å²) in [6, 6.07) is 15.0. The molecule has 0 fully saturated rings. The molecule has 0 radical (unpaired) electrons. The van der Waals surface area contributed by atoms with Crippen molar-refractivity contribution in [2.75, 3.05) is 22.7 Å². The molecule has 0 unspecified atom stereocenters. The highest BCUT2D eigenvalue weighted by molar-refractivity contribution is 7.91. The standard InChI is InChI=1S/C27H27N5O9S3/c1-3-42(35,36)18-7-5-17(6-8-18)29-32-26-20-10-14-24(27(34)21(20)11-13-23(26)28-16-44(39,40)41)31-30-22-12-9-19(15-25(22)33)43(37,38)4-2/h5-15,28,33-34H,3-4,16H2,1-2H3,(H,39,40,41)/b31-30+,32-29+. The molecule has 17 heteroatoms. The van der Waals surface area contributed by atoms with Gasteiger partial charge < -0.3 is 15.5 Å². The van der Waals surface area contributed by atoms with Crippen LogP contribution < -0.4 is 5.32 Å². The van der Waals surface area contributed by atoms with Gasteiger partial charge in [-0.2, -0.15) is 13.5 Å². The monoisotopic (exact) mass is 661 g/mol. The molecular formula is C27H27N5O9S3. The second kappa shape index (κ2) is 12.7. The van der Waals surface area contributed by atoms with Crippen LogP contribution in [0, 0.1) is 0 Å². The van der Waals surface area contributed by atoms with Gasteiger partial charge in [-0.1, -0.05) is 13.8 Å². The lowest BCUT2D eigenvalue weighted by atomic mass is 10.1. The van der Waals surface area contributed by atoms with Crippen LogP contribution in [0.15, 0.2) is 97.0 Å². The minimum Gasteiger partial charge on any atom is -0.506 e.